The Labute approximate surface area is 391 Å². The van der Waals surface area contributed by atoms with Crippen molar-refractivity contribution < 1.29 is 17.9 Å². The monoisotopic (exact) mass is 890 g/mol. The van der Waals surface area contributed by atoms with E-state index in [0.717, 1.165) is 75.8 Å². The lowest BCUT2D eigenvalue weighted by Crippen LogP contribution is -2.27. The number of para-hydroxylation sites is 2. The van der Waals surface area contributed by atoms with E-state index in [1.54, 1.807) is 36.4 Å². The average molecular weight is 891 g/mol. The predicted octanol–water partition coefficient (Wildman–Crippen LogP) is 16.6. The van der Waals surface area contributed by atoms with Gasteiger partial charge in [-0.05, 0) is 170 Å². The molecule has 7 heteroatoms. The van der Waals surface area contributed by atoms with Crippen LogP contribution in [0.4, 0.5) is 34.1 Å². The van der Waals surface area contributed by atoms with Crippen molar-refractivity contribution >= 4 is 44.0 Å². The van der Waals surface area contributed by atoms with Gasteiger partial charge < -0.3 is 19.3 Å². The zero-order valence-electron chi connectivity index (χ0n) is 38.7. The van der Waals surface area contributed by atoms with Crippen LogP contribution in [0, 0.1) is 0 Å². The van der Waals surface area contributed by atoms with Crippen LogP contribution in [0.1, 0.15) is 66.4 Å². The van der Waals surface area contributed by atoms with Gasteiger partial charge in [0, 0.05) is 40.2 Å². The van der Waals surface area contributed by atoms with E-state index in [1.807, 2.05) is 66.7 Å². The molecule has 0 amide bonds. The van der Waals surface area contributed by atoms with E-state index in [-0.39, 0.29) is 20.8 Å². The third kappa shape index (κ3) is 10.4. The Morgan fingerprint density at radius 1 is 0.439 bits per heavy atom. The minimum absolute atomic E-state index is 0.0231. The molecule has 0 aliphatic rings. The van der Waals surface area contributed by atoms with Crippen molar-refractivity contribution in [1.82, 2.24) is 0 Å². The van der Waals surface area contributed by atoms with Crippen molar-refractivity contribution in [1.29, 1.82) is 0 Å². The smallest absolute Gasteiger partial charge is 0.206 e. The molecule has 0 aromatic heterocycles. The van der Waals surface area contributed by atoms with E-state index < -0.39 is 9.84 Å². The van der Waals surface area contributed by atoms with Crippen molar-refractivity contribution in [2.24, 2.45) is 0 Å². The maximum Gasteiger partial charge on any atom is 0.206 e. The molecule has 0 fully saturated rings. The molecule has 0 bridgehead atoms. The first-order chi connectivity index (χ1) is 31.8. The molecule has 8 rings (SSSR count). The molecule has 0 saturated carbocycles. The van der Waals surface area contributed by atoms with E-state index in [9.17, 15) is 8.42 Å². The minimum Gasteiger partial charge on any atom is -0.488 e. The van der Waals surface area contributed by atoms with Gasteiger partial charge >= 0.3 is 0 Å². The van der Waals surface area contributed by atoms with Crippen LogP contribution in [0.3, 0.4) is 0 Å². The average Bonchev–Trinajstić information content (AvgIpc) is 3.33. The highest BCUT2D eigenvalue weighted by atomic mass is 32.2. The summed E-state index contributed by atoms with van der Waals surface area (Å²) in [5.41, 5.74) is 9.19. The van der Waals surface area contributed by atoms with Gasteiger partial charge in [-0.1, -0.05) is 113 Å². The fraction of sp³-hybridized carbons (Fsp3) is 0.186. The molecule has 0 spiro atoms. The summed E-state index contributed by atoms with van der Waals surface area (Å²) in [5.74, 6) is 2.03. The molecule has 0 aliphatic carbocycles. The van der Waals surface area contributed by atoms with Crippen LogP contribution >= 0.6 is 0 Å². The van der Waals surface area contributed by atoms with Crippen LogP contribution in [0.25, 0.3) is 11.1 Å². The summed E-state index contributed by atoms with van der Waals surface area (Å²) in [7, 11) is -3.68. The first kappa shape index (κ1) is 45.5. The molecule has 0 saturated heterocycles. The molecule has 0 heterocycles. The highest BCUT2D eigenvalue weighted by molar-refractivity contribution is 7.91. The lowest BCUT2D eigenvalue weighted by Gasteiger charge is -2.29. The summed E-state index contributed by atoms with van der Waals surface area (Å²) < 4.78 is 39.7. The van der Waals surface area contributed by atoms with Crippen LogP contribution in [-0.4, -0.2) is 14.0 Å². The van der Waals surface area contributed by atoms with Gasteiger partial charge in [0.1, 0.15) is 22.8 Å². The van der Waals surface area contributed by atoms with Gasteiger partial charge in [-0.3, -0.25) is 0 Å². The van der Waals surface area contributed by atoms with Crippen molar-refractivity contribution in [3.63, 3.8) is 0 Å². The number of ether oxygens (including phenoxy) is 2. The van der Waals surface area contributed by atoms with Crippen LogP contribution in [0.5, 0.6) is 17.2 Å². The third-order valence-corrected chi connectivity index (χ3v) is 14.0. The van der Waals surface area contributed by atoms with Crippen molar-refractivity contribution in [2.45, 2.75) is 81.6 Å². The second-order valence-corrected chi connectivity index (χ2v) is 19.8. The van der Waals surface area contributed by atoms with Gasteiger partial charge in [-0.15, -0.1) is 0 Å². The summed E-state index contributed by atoms with van der Waals surface area (Å²) >= 11 is 0. The molecular formula is C59H58N2O4S. The molecule has 0 unspecified atom stereocenters. The predicted molar refractivity (Wildman–Crippen MR) is 273 cm³/mol. The summed E-state index contributed by atoms with van der Waals surface area (Å²) in [6.07, 6.45) is 2.99. The summed E-state index contributed by atoms with van der Waals surface area (Å²) in [4.78, 5) is 4.97. The number of anilines is 6. The third-order valence-electron chi connectivity index (χ3n) is 12.2. The molecule has 8 aromatic carbocycles. The molecule has 66 heavy (non-hydrogen) atoms. The maximum absolute atomic E-state index is 13.5. The normalized spacial score (nSPS) is 11.8. The number of benzene rings is 8. The van der Waals surface area contributed by atoms with Crippen LogP contribution in [0.2, 0.25) is 0 Å². The second-order valence-electron chi connectivity index (χ2n) is 17.9. The topological polar surface area (TPSA) is 59.1 Å². The molecule has 0 radical (unpaired) electrons. The molecule has 334 valence electrons. The minimum atomic E-state index is -3.68. The van der Waals surface area contributed by atoms with Crippen molar-refractivity contribution in [2.75, 3.05) is 9.80 Å². The van der Waals surface area contributed by atoms with Crippen LogP contribution in [0.15, 0.2) is 216 Å². The van der Waals surface area contributed by atoms with E-state index >= 15 is 0 Å². The van der Waals surface area contributed by atoms with Gasteiger partial charge in [-0.2, -0.15) is 0 Å². The first-order valence-electron chi connectivity index (χ1n) is 22.8. The zero-order valence-corrected chi connectivity index (χ0v) is 39.5. The summed E-state index contributed by atoms with van der Waals surface area (Å²) in [6.45, 7) is 12.9. The summed E-state index contributed by atoms with van der Waals surface area (Å²) in [6, 6.07) is 68.2. The lowest BCUT2D eigenvalue weighted by atomic mass is 9.82. The highest BCUT2D eigenvalue weighted by Gasteiger charge is 2.23. The molecule has 0 N–H and O–H groups in total. The Morgan fingerprint density at radius 2 is 0.848 bits per heavy atom. The Hall–Kier alpha value is -7.09. The van der Waals surface area contributed by atoms with Crippen LogP contribution in [-0.2, 0) is 15.3 Å². The Balaban J connectivity index is 0.990. The molecule has 0 atom stereocenters. The molecule has 6 nitrogen and oxygen atoms in total. The van der Waals surface area contributed by atoms with Gasteiger partial charge in [0.2, 0.25) is 9.84 Å². The van der Waals surface area contributed by atoms with E-state index in [4.69, 9.17) is 9.47 Å². The Bertz CT molecular complexity index is 2930. The van der Waals surface area contributed by atoms with E-state index in [1.165, 1.54) is 0 Å². The quantitative estimate of drug-likeness (QED) is 0.0908. The van der Waals surface area contributed by atoms with Crippen molar-refractivity contribution in [3.05, 3.63) is 212 Å². The number of sulfone groups is 1. The van der Waals surface area contributed by atoms with E-state index in [2.05, 4.69) is 154 Å². The van der Waals surface area contributed by atoms with Gasteiger partial charge in [0.25, 0.3) is 0 Å². The molecule has 8 aromatic rings. The van der Waals surface area contributed by atoms with Crippen molar-refractivity contribution in [3.8, 4) is 28.4 Å². The van der Waals surface area contributed by atoms with Gasteiger partial charge in [0.15, 0.2) is 0 Å². The Kier molecular flexibility index (Phi) is 13.5. The first-order valence-corrected chi connectivity index (χ1v) is 24.3. The Morgan fingerprint density at radius 3 is 1.32 bits per heavy atom. The number of rotatable bonds is 17. The number of hydrogen-bond donors (Lipinski definition) is 0. The maximum atomic E-state index is 13.5. The largest absolute Gasteiger partial charge is 0.488 e. The molecular weight excluding hydrogens is 833 g/mol. The van der Waals surface area contributed by atoms with E-state index in [0.29, 0.717) is 11.5 Å². The number of nitrogens with zero attached hydrogens (tertiary/aromatic N) is 2. The fourth-order valence-electron chi connectivity index (χ4n) is 8.22. The van der Waals surface area contributed by atoms with Crippen LogP contribution < -0.4 is 19.3 Å². The highest BCUT2D eigenvalue weighted by Crippen LogP contribution is 2.40. The SMILES string of the molecule is CCCC(C)(C)Oc1cccc(N(c2ccccc2)c2ccc(-c3ccc(N(c4ccccc4)c4ccc(Oc5ccc(S(=O)(=O)c6ccc(C(C)(C)CC)cc6)cc5)cc4)cc3)cc2)c1. The lowest BCUT2D eigenvalue weighted by molar-refractivity contribution is 0.0986. The number of hydrogen-bond acceptors (Lipinski definition) is 6. The zero-order chi connectivity index (χ0) is 46.3. The van der Waals surface area contributed by atoms with Gasteiger partial charge in [-0.25, -0.2) is 8.42 Å². The van der Waals surface area contributed by atoms with Gasteiger partial charge in [0.05, 0.1) is 9.79 Å². The standard InChI is InChI=1S/C59H58N2O4S/c1-7-42-59(5,6)65-55-21-15-20-52(43-55)61(48-18-13-10-14-19-48)50-30-24-45(25-31-50)44-22-28-49(29-23-44)60(47-16-11-9-12-17-47)51-32-34-53(35-33-51)64-54-36-40-57(41-37-54)66(62,63)56-38-26-46(27-39-56)58(3,4)8-2/h9-41,43H,7-8,42H2,1-6H3. The fourth-order valence-corrected chi connectivity index (χ4v) is 9.49. The molecule has 0 aliphatic heterocycles. The summed E-state index contributed by atoms with van der Waals surface area (Å²) in [5, 5.41) is 0. The second kappa shape index (κ2) is 19.6.